The molecule has 82 valence electrons. The molecule has 0 saturated carbocycles. The lowest BCUT2D eigenvalue weighted by Gasteiger charge is -2.03. The molecule has 0 fully saturated rings. The van der Waals surface area contributed by atoms with E-state index in [4.69, 9.17) is 10.00 Å². The molecular weight excluding hydrogens is 202 g/mol. The first kappa shape index (κ1) is 12.0. The molecule has 0 radical (unpaired) electrons. The minimum absolute atomic E-state index is 0.307. The molecule has 1 aromatic rings. The molecule has 0 saturated heterocycles. The first-order chi connectivity index (χ1) is 7.69. The zero-order chi connectivity index (χ0) is 12.0. The topological polar surface area (TPSA) is 50.1 Å². The smallest absolute Gasteiger partial charge is 0.332 e. The number of allylic oxidation sites excluding steroid dienone is 1. The van der Waals surface area contributed by atoms with Gasteiger partial charge in [-0.1, -0.05) is 24.3 Å². The quantitative estimate of drug-likeness (QED) is 0.442. The number of benzene rings is 1. The number of aryl methyl sites for hydroxylation is 1. The number of carbonyl (C=O) groups excluding carboxylic acids is 1. The van der Waals surface area contributed by atoms with Gasteiger partial charge in [0.25, 0.3) is 0 Å². The van der Waals surface area contributed by atoms with Gasteiger partial charge in [0.05, 0.1) is 12.2 Å². The van der Waals surface area contributed by atoms with Gasteiger partial charge in [-0.25, -0.2) is 4.79 Å². The second-order valence-corrected chi connectivity index (χ2v) is 3.24. The van der Waals surface area contributed by atoms with Gasteiger partial charge >= 0.3 is 5.97 Å². The van der Waals surface area contributed by atoms with E-state index < -0.39 is 5.97 Å². The Hall–Kier alpha value is -2.08. The SMILES string of the molecule is CCOC(=O)C=C(C#N)c1ccccc1C. The van der Waals surface area contributed by atoms with Crippen LogP contribution in [-0.4, -0.2) is 12.6 Å². The average molecular weight is 215 g/mol. The Balaban J connectivity index is 3.05. The predicted octanol–water partition coefficient (Wildman–Crippen LogP) is 2.47. The van der Waals surface area contributed by atoms with Crippen LogP contribution in [0.1, 0.15) is 18.1 Å². The van der Waals surface area contributed by atoms with Crippen LogP contribution in [0.4, 0.5) is 0 Å². The van der Waals surface area contributed by atoms with Crippen LogP contribution in [0.3, 0.4) is 0 Å². The summed E-state index contributed by atoms with van der Waals surface area (Å²) in [4.78, 5) is 11.2. The van der Waals surface area contributed by atoms with Crippen molar-refractivity contribution in [3.8, 4) is 6.07 Å². The largest absolute Gasteiger partial charge is 0.463 e. The highest BCUT2D eigenvalue weighted by molar-refractivity contribution is 5.95. The van der Waals surface area contributed by atoms with Crippen molar-refractivity contribution in [1.82, 2.24) is 0 Å². The van der Waals surface area contributed by atoms with Gasteiger partial charge in [-0.3, -0.25) is 0 Å². The van der Waals surface area contributed by atoms with Crippen LogP contribution in [0, 0.1) is 18.3 Å². The van der Waals surface area contributed by atoms with Gasteiger partial charge in [-0.05, 0) is 25.0 Å². The predicted molar refractivity (Wildman–Crippen MR) is 61.4 cm³/mol. The summed E-state index contributed by atoms with van der Waals surface area (Å²) in [6.07, 6.45) is 1.23. The molecule has 0 atom stereocenters. The highest BCUT2D eigenvalue weighted by atomic mass is 16.5. The fraction of sp³-hybridized carbons (Fsp3) is 0.231. The summed E-state index contributed by atoms with van der Waals surface area (Å²) >= 11 is 0. The van der Waals surface area contributed by atoms with Crippen LogP contribution in [0.15, 0.2) is 30.3 Å². The Morgan fingerprint density at radius 2 is 2.19 bits per heavy atom. The average Bonchev–Trinajstić information content (AvgIpc) is 2.27. The first-order valence-corrected chi connectivity index (χ1v) is 5.03. The molecule has 3 heteroatoms. The van der Waals surface area contributed by atoms with Crippen molar-refractivity contribution in [1.29, 1.82) is 5.26 Å². The van der Waals surface area contributed by atoms with E-state index in [0.717, 1.165) is 11.1 Å². The summed E-state index contributed by atoms with van der Waals surface area (Å²) in [5, 5.41) is 8.99. The minimum atomic E-state index is -0.484. The third-order valence-electron chi connectivity index (χ3n) is 2.10. The van der Waals surface area contributed by atoms with E-state index in [1.54, 1.807) is 6.92 Å². The Bertz CT molecular complexity index is 455. The van der Waals surface area contributed by atoms with Crippen molar-refractivity contribution >= 4 is 11.5 Å². The molecule has 1 aromatic carbocycles. The van der Waals surface area contributed by atoms with Gasteiger partial charge in [-0.2, -0.15) is 5.26 Å². The summed E-state index contributed by atoms with van der Waals surface area (Å²) in [7, 11) is 0. The zero-order valence-electron chi connectivity index (χ0n) is 9.36. The van der Waals surface area contributed by atoms with Gasteiger partial charge in [0.15, 0.2) is 0 Å². The number of carbonyl (C=O) groups is 1. The summed E-state index contributed by atoms with van der Waals surface area (Å²) < 4.78 is 4.77. The minimum Gasteiger partial charge on any atom is -0.463 e. The van der Waals surface area contributed by atoms with Gasteiger partial charge in [0.2, 0.25) is 0 Å². The van der Waals surface area contributed by atoms with Crippen molar-refractivity contribution in [2.75, 3.05) is 6.61 Å². The Morgan fingerprint density at radius 3 is 2.75 bits per heavy atom. The van der Waals surface area contributed by atoms with Crippen molar-refractivity contribution in [3.05, 3.63) is 41.5 Å². The molecule has 0 aliphatic rings. The number of nitriles is 1. The number of esters is 1. The maximum atomic E-state index is 11.2. The van der Waals surface area contributed by atoms with Crippen LogP contribution in [0.25, 0.3) is 5.57 Å². The molecule has 0 aliphatic carbocycles. The standard InChI is InChI=1S/C13H13NO2/c1-3-16-13(15)8-11(9-14)12-7-5-4-6-10(12)2/h4-8H,3H2,1-2H3. The third kappa shape index (κ3) is 2.96. The molecule has 1 rings (SSSR count). The molecule has 0 unspecified atom stereocenters. The highest BCUT2D eigenvalue weighted by Crippen LogP contribution is 2.17. The number of rotatable bonds is 3. The second-order valence-electron chi connectivity index (χ2n) is 3.24. The lowest BCUT2D eigenvalue weighted by atomic mass is 10.0. The van der Waals surface area contributed by atoms with Gasteiger partial charge in [-0.15, -0.1) is 0 Å². The van der Waals surface area contributed by atoms with Crippen LogP contribution in [0.2, 0.25) is 0 Å². The molecule has 0 aromatic heterocycles. The highest BCUT2D eigenvalue weighted by Gasteiger charge is 2.06. The van der Waals surface area contributed by atoms with Crippen LogP contribution < -0.4 is 0 Å². The van der Waals surface area contributed by atoms with Crippen LogP contribution >= 0.6 is 0 Å². The van der Waals surface area contributed by atoms with Gasteiger partial charge in [0, 0.05) is 6.08 Å². The monoisotopic (exact) mass is 215 g/mol. The van der Waals surface area contributed by atoms with Crippen molar-refractivity contribution in [2.24, 2.45) is 0 Å². The molecule has 0 heterocycles. The zero-order valence-corrected chi connectivity index (χ0v) is 9.36. The summed E-state index contributed by atoms with van der Waals surface area (Å²) in [5.74, 6) is -0.484. The summed E-state index contributed by atoms with van der Waals surface area (Å²) in [6.45, 7) is 3.93. The molecule has 0 bridgehead atoms. The van der Waals surface area contributed by atoms with E-state index >= 15 is 0 Å². The Labute approximate surface area is 95.0 Å². The fourth-order valence-corrected chi connectivity index (χ4v) is 1.35. The van der Waals surface area contributed by atoms with Crippen LogP contribution in [-0.2, 0) is 9.53 Å². The van der Waals surface area contributed by atoms with Gasteiger partial charge < -0.3 is 4.74 Å². The van der Waals surface area contributed by atoms with Crippen molar-refractivity contribution < 1.29 is 9.53 Å². The molecule has 0 amide bonds. The summed E-state index contributed by atoms with van der Waals surface area (Å²) in [6, 6.07) is 9.43. The maximum absolute atomic E-state index is 11.2. The molecule has 0 aliphatic heterocycles. The number of ether oxygens (including phenoxy) is 1. The molecular formula is C13H13NO2. The van der Waals surface area contributed by atoms with E-state index in [1.165, 1.54) is 6.08 Å². The lowest BCUT2D eigenvalue weighted by molar-refractivity contribution is -0.137. The molecule has 0 spiro atoms. The molecule has 16 heavy (non-hydrogen) atoms. The van der Waals surface area contributed by atoms with E-state index in [0.29, 0.717) is 12.2 Å². The normalized spacial score (nSPS) is 10.7. The van der Waals surface area contributed by atoms with Crippen molar-refractivity contribution in [2.45, 2.75) is 13.8 Å². The van der Waals surface area contributed by atoms with Crippen LogP contribution in [0.5, 0.6) is 0 Å². The van der Waals surface area contributed by atoms with E-state index in [2.05, 4.69) is 0 Å². The second kappa shape index (κ2) is 5.72. The summed E-state index contributed by atoms with van der Waals surface area (Å²) in [5.41, 5.74) is 2.05. The van der Waals surface area contributed by atoms with E-state index in [-0.39, 0.29) is 0 Å². The molecule has 0 N–H and O–H groups in total. The molecule has 3 nitrogen and oxygen atoms in total. The Kier molecular flexibility index (Phi) is 4.28. The first-order valence-electron chi connectivity index (χ1n) is 5.03. The van der Waals surface area contributed by atoms with E-state index in [1.807, 2.05) is 37.3 Å². The number of hydrogen-bond donors (Lipinski definition) is 0. The Morgan fingerprint density at radius 1 is 1.50 bits per heavy atom. The van der Waals surface area contributed by atoms with Crippen molar-refractivity contribution in [3.63, 3.8) is 0 Å². The van der Waals surface area contributed by atoms with Gasteiger partial charge in [0.1, 0.15) is 6.07 Å². The third-order valence-corrected chi connectivity index (χ3v) is 2.10. The lowest BCUT2D eigenvalue weighted by Crippen LogP contribution is -2.01. The maximum Gasteiger partial charge on any atom is 0.332 e. The number of nitrogens with zero attached hydrogens (tertiary/aromatic N) is 1. The van der Waals surface area contributed by atoms with E-state index in [9.17, 15) is 4.79 Å². The fourth-order valence-electron chi connectivity index (χ4n) is 1.35. The number of hydrogen-bond acceptors (Lipinski definition) is 3.